The number of nitrogens with zero attached hydrogens (tertiary/aromatic N) is 2. The van der Waals surface area contributed by atoms with Crippen LogP contribution < -0.4 is 5.32 Å². The number of rotatable bonds is 6. The third-order valence-electron chi connectivity index (χ3n) is 3.59. The second-order valence-corrected chi connectivity index (χ2v) is 7.12. The van der Waals surface area contributed by atoms with Gasteiger partial charge in [-0.1, -0.05) is 12.1 Å². The first-order chi connectivity index (χ1) is 9.68. The van der Waals surface area contributed by atoms with Crippen molar-refractivity contribution in [1.29, 1.82) is 0 Å². The first-order valence-electron chi connectivity index (χ1n) is 7.06. The zero-order valence-corrected chi connectivity index (χ0v) is 12.1. The minimum absolute atomic E-state index is 0.304. The summed E-state index contributed by atoms with van der Waals surface area (Å²) < 4.78 is 26.2. The molecule has 1 aromatic rings. The summed E-state index contributed by atoms with van der Waals surface area (Å²) in [6.07, 6.45) is 5.82. The number of para-hydroxylation sites is 1. The summed E-state index contributed by atoms with van der Waals surface area (Å²) in [5.74, 6) is 0. The average Bonchev–Trinajstić information content (AvgIpc) is 3.25. The SMILES string of the molecule is O=S1(=O)c2ccccc2N=CN1CCCCNC1CC1. The minimum Gasteiger partial charge on any atom is -0.314 e. The quantitative estimate of drug-likeness (QED) is 0.815. The van der Waals surface area contributed by atoms with Crippen molar-refractivity contribution in [3.63, 3.8) is 0 Å². The lowest BCUT2D eigenvalue weighted by Crippen LogP contribution is -2.33. The molecule has 0 amide bonds. The van der Waals surface area contributed by atoms with Crippen LogP contribution in [0.2, 0.25) is 0 Å². The molecule has 0 unspecified atom stereocenters. The van der Waals surface area contributed by atoms with Crippen LogP contribution >= 0.6 is 0 Å². The van der Waals surface area contributed by atoms with Crippen molar-refractivity contribution in [2.24, 2.45) is 4.99 Å². The molecule has 1 aliphatic heterocycles. The number of hydrogen-bond donors (Lipinski definition) is 1. The second-order valence-electron chi connectivity index (χ2n) is 5.26. The van der Waals surface area contributed by atoms with Crippen LogP contribution in [0, 0.1) is 0 Å². The van der Waals surface area contributed by atoms with Crippen LogP contribution in [-0.4, -0.2) is 38.2 Å². The predicted molar refractivity (Wildman–Crippen MR) is 78.7 cm³/mol. The molecule has 0 atom stereocenters. The normalized spacial score (nSPS) is 19.9. The Balaban J connectivity index is 1.57. The molecule has 1 saturated carbocycles. The van der Waals surface area contributed by atoms with E-state index in [0.29, 0.717) is 23.2 Å². The Bertz CT molecular complexity index is 609. The highest BCUT2D eigenvalue weighted by molar-refractivity contribution is 7.89. The van der Waals surface area contributed by atoms with E-state index in [4.69, 9.17) is 0 Å². The standard InChI is InChI=1S/C14H19N3O2S/c18-20(19)14-6-2-1-5-13(14)16-11-17(20)10-4-3-9-15-12-7-8-12/h1-2,5-6,11-12,15H,3-4,7-10H2. The van der Waals surface area contributed by atoms with E-state index in [2.05, 4.69) is 10.3 Å². The summed E-state index contributed by atoms with van der Waals surface area (Å²) in [4.78, 5) is 4.52. The summed E-state index contributed by atoms with van der Waals surface area (Å²) in [5.41, 5.74) is 0.527. The van der Waals surface area contributed by atoms with Gasteiger partial charge in [-0.05, 0) is 44.4 Å². The van der Waals surface area contributed by atoms with Gasteiger partial charge in [0.25, 0.3) is 10.0 Å². The molecule has 0 spiro atoms. The molecule has 1 fully saturated rings. The van der Waals surface area contributed by atoms with Crippen LogP contribution in [0.5, 0.6) is 0 Å². The van der Waals surface area contributed by atoms with Gasteiger partial charge in [0, 0.05) is 12.6 Å². The summed E-state index contributed by atoms with van der Waals surface area (Å²) in [5, 5.41) is 3.43. The summed E-state index contributed by atoms with van der Waals surface area (Å²) in [7, 11) is -3.41. The lowest BCUT2D eigenvalue weighted by Gasteiger charge is -2.23. The van der Waals surface area contributed by atoms with E-state index in [1.54, 1.807) is 24.3 Å². The van der Waals surface area contributed by atoms with Crippen LogP contribution in [0.3, 0.4) is 0 Å². The van der Waals surface area contributed by atoms with Crippen LogP contribution in [0.4, 0.5) is 5.69 Å². The van der Waals surface area contributed by atoms with Gasteiger partial charge in [-0.3, -0.25) is 4.31 Å². The monoisotopic (exact) mass is 293 g/mol. The molecule has 3 rings (SSSR count). The van der Waals surface area contributed by atoms with E-state index in [0.717, 1.165) is 19.4 Å². The first kappa shape index (κ1) is 13.6. The maximum absolute atomic E-state index is 12.4. The maximum atomic E-state index is 12.4. The van der Waals surface area contributed by atoms with Gasteiger partial charge in [0.15, 0.2) is 0 Å². The van der Waals surface area contributed by atoms with Gasteiger partial charge in [-0.2, -0.15) is 0 Å². The number of hydrogen-bond acceptors (Lipinski definition) is 4. The molecule has 5 nitrogen and oxygen atoms in total. The molecule has 0 radical (unpaired) electrons. The largest absolute Gasteiger partial charge is 0.314 e. The third-order valence-corrected chi connectivity index (χ3v) is 5.39. The summed E-state index contributed by atoms with van der Waals surface area (Å²) >= 11 is 0. The Morgan fingerprint density at radius 1 is 1.25 bits per heavy atom. The number of nitrogens with one attached hydrogen (secondary N) is 1. The highest BCUT2D eigenvalue weighted by Gasteiger charge is 2.27. The molecule has 108 valence electrons. The highest BCUT2D eigenvalue weighted by atomic mass is 32.2. The number of unbranched alkanes of at least 4 members (excludes halogenated alkanes) is 1. The molecular weight excluding hydrogens is 274 g/mol. The van der Waals surface area contributed by atoms with Gasteiger partial charge in [-0.25, -0.2) is 13.4 Å². The summed E-state index contributed by atoms with van der Waals surface area (Å²) in [6, 6.07) is 7.57. The van der Waals surface area contributed by atoms with Crippen LogP contribution in [0.25, 0.3) is 0 Å². The Labute approximate surface area is 119 Å². The smallest absolute Gasteiger partial charge is 0.267 e. The molecule has 6 heteroatoms. The van der Waals surface area contributed by atoms with Crippen LogP contribution in [0.15, 0.2) is 34.2 Å². The van der Waals surface area contributed by atoms with Gasteiger partial charge in [0.1, 0.15) is 11.2 Å². The van der Waals surface area contributed by atoms with E-state index in [1.165, 1.54) is 23.5 Å². The minimum atomic E-state index is -3.41. The van der Waals surface area contributed by atoms with E-state index in [1.807, 2.05) is 0 Å². The number of fused-ring (bicyclic) bond motifs is 1. The van der Waals surface area contributed by atoms with Gasteiger partial charge in [-0.15, -0.1) is 0 Å². The molecule has 2 aliphatic rings. The fraction of sp³-hybridized carbons (Fsp3) is 0.500. The van der Waals surface area contributed by atoms with Crippen molar-refractivity contribution in [3.05, 3.63) is 24.3 Å². The van der Waals surface area contributed by atoms with Crippen LogP contribution in [-0.2, 0) is 10.0 Å². The second kappa shape index (κ2) is 5.54. The lowest BCUT2D eigenvalue weighted by molar-refractivity contribution is 0.502. The van der Waals surface area contributed by atoms with Crippen molar-refractivity contribution >= 4 is 22.0 Å². The van der Waals surface area contributed by atoms with Crippen molar-refractivity contribution < 1.29 is 8.42 Å². The molecule has 1 N–H and O–H groups in total. The topological polar surface area (TPSA) is 61.8 Å². The van der Waals surface area contributed by atoms with Crippen LogP contribution in [0.1, 0.15) is 25.7 Å². The molecule has 1 heterocycles. The van der Waals surface area contributed by atoms with Crippen molar-refractivity contribution in [1.82, 2.24) is 9.62 Å². The molecule has 20 heavy (non-hydrogen) atoms. The van der Waals surface area contributed by atoms with Gasteiger partial charge >= 0.3 is 0 Å². The molecule has 0 aromatic heterocycles. The van der Waals surface area contributed by atoms with E-state index in [9.17, 15) is 8.42 Å². The van der Waals surface area contributed by atoms with Gasteiger partial charge < -0.3 is 5.32 Å². The molecule has 1 aromatic carbocycles. The fourth-order valence-corrected chi connectivity index (χ4v) is 3.69. The lowest BCUT2D eigenvalue weighted by atomic mass is 10.3. The van der Waals surface area contributed by atoms with Gasteiger partial charge in [0.2, 0.25) is 0 Å². The zero-order chi connectivity index (χ0) is 14.0. The number of aliphatic imine (C=N–C) groups is 1. The molecule has 0 saturated heterocycles. The Kier molecular flexibility index (Phi) is 3.76. The fourth-order valence-electron chi connectivity index (χ4n) is 2.26. The van der Waals surface area contributed by atoms with E-state index in [-0.39, 0.29) is 0 Å². The van der Waals surface area contributed by atoms with Gasteiger partial charge in [0.05, 0.1) is 5.69 Å². The summed E-state index contributed by atoms with van der Waals surface area (Å²) in [6.45, 7) is 1.46. The molecule has 0 bridgehead atoms. The Hall–Kier alpha value is -1.40. The first-order valence-corrected chi connectivity index (χ1v) is 8.50. The van der Waals surface area contributed by atoms with Crippen molar-refractivity contribution in [3.8, 4) is 0 Å². The Morgan fingerprint density at radius 2 is 2.05 bits per heavy atom. The average molecular weight is 293 g/mol. The highest BCUT2D eigenvalue weighted by Crippen LogP contribution is 2.29. The van der Waals surface area contributed by atoms with Crippen molar-refractivity contribution in [2.75, 3.05) is 13.1 Å². The molecular formula is C14H19N3O2S. The molecule has 1 aliphatic carbocycles. The predicted octanol–water partition coefficient (Wildman–Crippen LogP) is 1.88. The zero-order valence-electron chi connectivity index (χ0n) is 11.3. The third kappa shape index (κ3) is 2.86. The number of benzene rings is 1. The number of sulfonamides is 1. The Morgan fingerprint density at radius 3 is 2.85 bits per heavy atom. The van der Waals surface area contributed by atoms with E-state index >= 15 is 0 Å². The maximum Gasteiger partial charge on any atom is 0.267 e. The van der Waals surface area contributed by atoms with Crippen molar-refractivity contribution in [2.45, 2.75) is 36.6 Å². The van der Waals surface area contributed by atoms with E-state index < -0.39 is 10.0 Å².